The molecule has 1 aliphatic heterocycles. The lowest BCUT2D eigenvalue weighted by Gasteiger charge is -2.31. The van der Waals surface area contributed by atoms with Crippen molar-refractivity contribution in [1.82, 2.24) is 10.2 Å². The third kappa shape index (κ3) is 3.47. The average Bonchev–Trinajstić information content (AvgIpc) is 2.41. The van der Waals surface area contributed by atoms with E-state index in [2.05, 4.69) is 37.9 Å². The van der Waals surface area contributed by atoms with Crippen molar-refractivity contribution in [1.29, 1.82) is 0 Å². The van der Waals surface area contributed by atoms with E-state index in [-0.39, 0.29) is 11.4 Å². The lowest BCUT2D eigenvalue weighted by atomic mass is 10.00. The molecule has 4 nitrogen and oxygen atoms in total. The van der Waals surface area contributed by atoms with Crippen molar-refractivity contribution in [2.45, 2.75) is 51.7 Å². The van der Waals surface area contributed by atoms with E-state index in [0.717, 1.165) is 13.0 Å². The summed E-state index contributed by atoms with van der Waals surface area (Å²) in [4.78, 5) is 13.2. The summed E-state index contributed by atoms with van der Waals surface area (Å²) < 4.78 is 0. The smallest absolute Gasteiger partial charge is 0.231 e. The van der Waals surface area contributed by atoms with Crippen molar-refractivity contribution in [2.24, 2.45) is 5.73 Å². The van der Waals surface area contributed by atoms with Gasteiger partial charge in [-0.2, -0.15) is 0 Å². The summed E-state index contributed by atoms with van der Waals surface area (Å²) in [5.41, 5.74) is 5.44. The zero-order valence-corrected chi connectivity index (χ0v) is 10.2. The van der Waals surface area contributed by atoms with Gasteiger partial charge in [0.2, 0.25) is 5.91 Å². The molecule has 15 heavy (non-hydrogen) atoms. The van der Waals surface area contributed by atoms with Crippen LogP contribution in [-0.2, 0) is 4.79 Å². The van der Waals surface area contributed by atoms with Gasteiger partial charge >= 0.3 is 0 Å². The zero-order valence-electron chi connectivity index (χ0n) is 10.2. The van der Waals surface area contributed by atoms with Gasteiger partial charge in [0.15, 0.2) is 0 Å². The van der Waals surface area contributed by atoms with Gasteiger partial charge < -0.3 is 11.1 Å². The molecule has 1 aliphatic rings. The molecule has 88 valence electrons. The Morgan fingerprint density at radius 2 is 2.20 bits per heavy atom. The summed E-state index contributed by atoms with van der Waals surface area (Å²) in [6.45, 7) is 9.90. The molecule has 0 aromatic heterocycles. The molecule has 1 amide bonds. The lowest BCUT2D eigenvalue weighted by molar-refractivity contribution is -0.120. The van der Waals surface area contributed by atoms with E-state index in [1.54, 1.807) is 0 Å². The van der Waals surface area contributed by atoms with Gasteiger partial charge in [0.1, 0.15) is 0 Å². The molecule has 1 unspecified atom stereocenters. The zero-order chi connectivity index (χ0) is 11.6. The van der Waals surface area contributed by atoms with Gasteiger partial charge in [-0.05, 0) is 34.1 Å². The predicted molar refractivity (Wildman–Crippen MR) is 61.5 cm³/mol. The highest BCUT2D eigenvalue weighted by Crippen LogP contribution is 2.23. The van der Waals surface area contributed by atoms with Gasteiger partial charge in [0.25, 0.3) is 0 Å². The van der Waals surface area contributed by atoms with Gasteiger partial charge in [-0.25, -0.2) is 0 Å². The number of hydrogen-bond acceptors (Lipinski definition) is 3. The molecule has 1 atom stereocenters. The average molecular weight is 213 g/mol. The molecule has 0 bridgehead atoms. The van der Waals surface area contributed by atoms with Gasteiger partial charge in [0.05, 0.1) is 6.54 Å². The van der Waals surface area contributed by atoms with E-state index < -0.39 is 0 Å². The number of rotatable bonds is 4. The van der Waals surface area contributed by atoms with Crippen molar-refractivity contribution in [3.63, 3.8) is 0 Å². The molecule has 0 aromatic carbocycles. The molecular weight excluding hydrogens is 190 g/mol. The first kappa shape index (κ1) is 12.5. The van der Waals surface area contributed by atoms with Gasteiger partial charge in [-0.1, -0.05) is 0 Å². The van der Waals surface area contributed by atoms with Crippen LogP contribution in [0.4, 0.5) is 0 Å². The topological polar surface area (TPSA) is 58.4 Å². The minimum Gasteiger partial charge on any atom is -0.369 e. The number of nitrogens with one attached hydrogen (secondary N) is 1. The Morgan fingerprint density at radius 3 is 2.53 bits per heavy atom. The van der Waals surface area contributed by atoms with Crippen LogP contribution in [0.15, 0.2) is 0 Å². The van der Waals surface area contributed by atoms with Crippen molar-refractivity contribution in [3.8, 4) is 0 Å². The number of carbonyl (C=O) groups excluding carboxylic acids is 1. The Bertz CT molecular complexity index is 238. The SMILES string of the molecule is CC(C)N(CC(N)=O)C1CNC(C)(C)C1. The first-order chi connectivity index (χ1) is 6.82. The first-order valence-electron chi connectivity index (χ1n) is 5.61. The van der Waals surface area contributed by atoms with Gasteiger partial charge in [-0.3, -0.25) is 9.69 Å². The number of carbonyl (C=O) groups is 1. The van der Waals surface area contributed by atoms with Crippen LogP contribution in [0, 0.1) is 0 Å². The molecule has 1 rings (SSSR count). The Balaban J connectivity index is 2.62. The number of primary amides is 1. The summed E-state index contributed by atoms with van der Waals surface area (Å²) in [5, 5.41) is 3.46. The third-order valence-corrected chi connectivity index (χ3v) is 3.03. The Labute approximate surface area is 92.2 Å². The Morgan fingerprint density at radius 1 is 1.60 bits per heavy atom. The van der Waals surface area contributed by atoms with Crippen molar-refractivity contribution >= 4 is 5.91 Å². The van der Waals surface area contributed by atoms with Crippen LogP contribution in [0.3, 0.4) is 0 Å². The number of amides is 1. The van der Waals surface area contributed by atoms with Crippen LogP contribution in [-0.4, -0.2) is 41.5 Å². The van der Waals surface area contributed by atoms with E-state index in [9.17, 15) is 4.79 Å². The highest BCUT2D eigenvalue weighted by atomic mass is 16.1. The normalized spacial score (nSPS) is 25.1. The fraction of sp³-hybridized carbons (Fsp3) is 0.909. The fourth-order valence-electron chi connectivity index (χ4n) is 2.28. The second-order valence-corrected chi connectivity index (χ2v) is 5.36. The summed E-state index contributed by atoms with van der Waals surface area (Å²) >= 11 is 0. The molecule has 0 spiro atoms. The molecular formula is C11H23N3O. The van der Waals surface area contributed by atoms with Crippen LogP contribution in [0.2, 0.25) is 0 Å². The van der Waals surface area contributed by atoms with Gasteiger partial charge in [-0.15, -0.1) is 0 Å². The maximum atomic E-state index is 11.0. The van der Waals surface area contributed by atoms with E-state index in [1.807, 2.05) is 0 Å². The molecule has 1 heterocycles. The first-order valence-corrected chi connectivity index (χ1v) is 5.61. The maximum absolute atomic E-state index is 11.0. The second-order valence-electron chi connectivity index (χ2n) is 5.36. The minimum absolute atomic E-state index is 0.176. The molecule has 3 N–H and O–H groups in total. The van der Waals surface area contributed by atoms with Crippen LogP contribution >= 0.6 is 0 Å². The molecule has 1 fully saturated rings. The predicted octanol–water partition coefficient (Wildman–Crippen LogP) is 0.323. The highest BCUT2D eigenvalue weighted by molar-refractivity contribution is 5.76. The number of hydrogen-bond donors (Lipinski definition) is 2. The molecule has 0 radical (unpaired) electrons. The summed E-state index contributed by atoms with van der Waals surface area (Å²) in [5.74, 6) is -0.242. The lowest BCUT2D eigenvalue weighted by Crippen LogP contribution is -2.46. The van der Waals surface area contributed by atoms with Crippen molar-refractivity contribution in [3.05, 3.63) is 0 Å². The van der Waals surface area contributed by atoms with Crippen LogP contribution in [0.25, 0.3) is 0 Å². The van der Waals surface area contributed by atoms with Gasteiger partial charge in [0, 0.05) is 24.2 Å². The summed E-state index contributed by atoms with van der Waals surface area (Å²) in [6.07, 6.45) is 1.07. The molecule has 0 aliphatic carbocycles. The largest absolute Gasteiger partial charge is 0.369 e. The fourth-order valence-corrected chi connectivity index (χ4v) is 2.28. The molecule has 0 aromatic rings. The van der Waals surface area contributed by atoms with E-state index >= 15 is 0 Å². The van der Waals surface area contributed by atoms with Crippen LogP contribution < -0.4 is 11.1 Å². The van der Waals surface area contributed by atoms with E-state index in [0.29, 0.717) is 18.6 Å². The molecule has 4 heteroatoms. The third-order valence-electron chi connectivity index (χ3n) is 3.03. The van der Waals surface area contributed by atoms with Crippen LogP contribution in [0.1, 0.15) is 34.1 Å². The number of nitrogens with zero attached hydrogens (tertiary/aromatic N) is 1. The number of nitrogens with two attached hydrogens (primary N) is 1. The highest BCUT2D eigenvalue weighted by Gasteiger charge is 2.35. The second kappa shape index (κ2) is 4.49. The maximum Gasteiger partial charge on any atom is 0.231 e. The summed E-state index contributed by atoms with van der Waals surface area (Å²) in [6, 6.07) is 0.783. The monoisotopic (exact) mass is 213 g/mol. The van der Waals surface area contributed by atoms with E-state index in [4.69, 9.17) is 5.73 Å². The summed E-state index contributed by atoms with van der Waals surface area (Å²) in [7, 11) is 0. The van der Waals surface area contributed by atoms with Crippen molar-refractivity contribution < 1.29 is 4.79 Å². The molecule has 0 saturated carbocycles. The Hall–Kier alpha value is -0.610. The Kier molecular flexibility index (Phi) is 3.73. The minimum atomic E-state index is -0.242. The van der Waals surface area contributed by atoms with E-state index in [1.165, 1.54) is 0 Å². The van der Waals surface area contributed by atoms with Crippen LogP contribution in [0.5, 0.6) is 0 Å². The quantitative estimate of drug-likeness (QED) is 0.707. The molecule has 1 saturated heterocycles. The standard InChI is InChI=1S/C11H23N3O/c1-8(2)14(7-10(12)15)9-5-11(3,4)13-6-9/h8-9,13H,5-7H2,1-4H3,(H2,12,15). The van der Waals surface area contributed by atoms with Crippen molar-refractivity contribution in [2.75, 3.05) is 13.1 Å².